The van der Waals surface area contributed by atoms with Gasteiger partial charge < -0.3 is 9.73 Å². The van der Waals surface area contributed by atoms with E-state index in [1.54, 1.807) is 6.92 Å². The van der Waals surface area contributed by atoms with Gasteiger partial charge in [-0.25, -0.2) is 13.1 Å². The fraction of sp³-hybridized carbons (Fsp3) is 0.688. The number of carbonyl (C=O) groups excluding carboxylic acids is 1. The van der Waals surface area contributed by atoms with Crippen molar-refractivity contribution in [2.24, 2.45) is 11.8 Å². The lowest BCUT2D eigenvalue weighted by Gasteiger charge is -2.29. The highest BCUT2D eigenvalue weighted by atomic mass is 32.2. The zero-order chi connectivity index (χ0) is 16.6. The van der Waals surface area contributed by atoms with E-state index in [0.717, 1.165) is 31.1 Å². The van der Waals surface area contributed by atoms with Crippen molar-refractivity contribution in [3.05, 3.63) is 17.4 Å². The van der Waals surface area contributed by atoms with Crippen molar-refractivity contribution in [1.82, 2.24) is 10.0 Å². The Kier molecular flexibility index (Phi) is 4.51. The molecule has 0 saturated heterocycles. The van der Waals surface area contributed by atoms with Crippen LogP contribution in [0.3, 0.4) is 0 Å². The zero-order valence-electron chi connectivity index (χ0n) is 13.6. The molecule has 2 fully saturated rings. The largest absolute Gasteiger partial charge is 0.448 e. The van der Waals surface area contributed by atoms with Crippen LogP contribution in [0.25, 0.3) is 0 Å². The first-order chi connectivity index (χ1) is 10.9. The number of hydrogen-bond donors (Lipinski definition) is 2. The molecule has 2 atom stereocenters. The van der Waals surface area contributed by atoms with Crippen LogP contribution in [0.15, 0.2) is 15.6 Å². The van der Waals surface area contributed by atoms with Gasteiger partial charge in [-0.1, -0.05) is 12.8 Å². The molecule has 0 aliphatic heterocycles. The Labute approximate surface area is 137 Å². The van der Waals surface area contributed by atoms with E-state index in [1.807, 2.05) is 0 Å². The number of rotatable bonds is 5. The summed E-state index contributed by atoms with van der Waals surface area (Å²) in [5, 5.41) is 2.84. The summed E-state index contributed by atoms with van der Waals surface area (Å²) in [4.78, 5) is 12.5. The Morgan fingerprint density at radius 1 is 1.22 bits per heavy atom. The molecule has 3 rings (SSSR count). The van der Waals surface area contributed by atoms with Crippen LogP contribution in [0.2, 0.25) is 0 Å². The maximum absolute atomic E-state index is 12.5. The van der Waals surface area contributed by atoms with E-state index in [9.17, 15) is 13.2 Å². The van der Waals surface area contributed by atoms with Crippen molar-refractivity contribution < 1.29 is 17.6 Å². The number of carbonyl (C=O) groups is 1. The van der Waals surface area contributed by atoms with E-state index < -0.39 is 10.0 Å². The molecule has 6 nitrogen and oxygen atoms in total. The van der Waals surface area contributed by atoms with Gasteiger partial charge in [0.05, 0.1) is 5.56 Å². The van der Waals surface area contributed by atoms with E-state index in [1.165, 1.54) is 32.4 Å². The van der Waals surface area contributed by atoms with Crippen molar-refractivity contribution in [1.29, 1.82) is 0 Å². The van der Waals surface area contributed by atoms with Crippen LogP contribution in [0.1, 0.15) is 54.6 Å². The van der Waals surface area contributed by atoms with Gasteiger partial charge in [-0.15, -0.1) is 0 Å². The summed E-state index contributed by atoms with van der Waals surface area (Å²) in [6.07, 6.45) is 7.11. The third kappa shape index (κ3) is 3.61. The Morgan fingerprint density at radius 3 is 2.61 bits per heavy atom. The predicted octanol–water partition coefficient (Wildman–Crippen LogP) is 2.19. The topological polar surface area (TPSA) is 88.4 Å². The monoisotopic (exact) mass is 340 g/mol. The quantitative estimate of drug-likeness (QED) is 0.860. The van der Waals surface area contributed by atoms with Gasteiger partial charge in [-0.3, -0.25) is 4.79 Å². The minimum absolute atomic E-state index is 0.181. The SMILES string of the molecule is CNS(=O)(=O)c1cc(C(=O)N[C@H]2CCC[C@@H](C3CC3)C2)c(C)o1. The van der Waals surface area contributed by atoms with Crippen molar-refractivity contribution in [2.45, 2.75) is 56.6 Å². The summed E-state index contributed by atoms with van der Waals surface area (Å²) in [7, 11) is -2.36. The van der Waals surface area contributed by atoms with Gasteiger partial charge in [0.25, 0.3) is 15.9 Å². The summed E-state index contributed by atoms with van der Waals surface area (Å²) in [5.41, 5.74) is 0.298. The van der Waals surface area contributed by atoms with Gasteiger partial charge in [0.15, 0.2) is 0 Å². The minimum Gasteiger partial charge on any atom is -0.448 e. The number of sulfonamides is 1. The number of amides is 1. The van der Waals surface area contributed by atoms with Crippen molar-refractivity contribution in [2.75, 3.05) is 7.05 Å². The molecule has 7 heteroatoms. The molecule has 1 aromatic rings. The lowest BCUT2D eigenvalue weighted by atomic mass is 9.82. The molecule has 1 heterocycles. The third-order valence-electron chi connectivity index (χ3n) is 5.01. The molecule has 2 N–H and O–H groups in total. The van der Waals surface area contributed by atoms with Gasteiger partial charge in [-0.05, 0) is 51.5 Å². The average molecular weight is 340 g/mol. The average Bonchev–Trinajstić information content (AvgIpc) is 3.29. The van der Waals surface area contributed by atoms with Crippen LogP contribution in [-0.4, -0.2) is 27.4 Å². The standard InChI is InChI=1S/C16H24N2O4S/c1-10-14(9-15(22-10)23(20,21)17-2)16(19)18-13-5-3-4-12(8-13)11-6-7-11/h9,11-13,17H,3-8H2,1-2H3,(H,18,19)/t12-,13+/m1/s1. The lowest BCUT2D eigenvalue weighted by molar-refractivity contribution is 0.0915. The summed E-state index contributed by atoms with van der Waals surface area (Å²) in [6, 6.07) is 1.48. The van der Waals surface area contributed by atoms with Gasteiger partial charge in [-0.2, -0.15) is 0 Å². The third-order valence-corrected chi connectivity index (χ3v) is 6.28. The molecule has 0 spiro atoms. The van der Waals surface area contributed by atoms with Gasteiger partial charge in [0.2, 0.25) is 5.09 Å². The first-order valence-electron chi connectivity index (χ1n) is 8.25. The smallest absolute Gasteiger partial charge is 0.273 e. The van der Waals surface area contributed by atoms with Crippen LogP contribution in [0.5, 0.6) is 0 Å². The highest BCUT2D eigenvalue weighted by Gasteiger charge is 2.35. The summed E-state index contributed by atoms with van der Waals surface area (Å²) in [5.74, 6) is 1.67. The summed E-state index contributed by atoms with van der Waals surface area (Å²) in [6.45, 7) is 1.61. The number of hydrogen-bond acceptors (Lipinski definition) is 4. The van der Waals surface area contributed by atoms with E-state index in [2.05, 4.69) is 10.0 Å². The summed E-state index contributed by atoms with van der Waals surface area (Å²) < 4.78 is 31.0. The van der Waals surface area contributed by atoms with Gasteiger partial charge in [0, 0.05) is 12.1 Å². The Bertz CT molecular complexity index is 691. The van der Waals surface area contributed by atoms with E-state index in [-0.39, 0.29) is 17.0 Å². The van der Waals surface area contributed by atoms with Crippen LogP contribution in [-0.2, 0) is 10.0 Å². The number of nitrogens with one attached hydrogen (secondary N) is 2. The second kappa shape index (κ2) is 6.28. The van der Waals surface area contributed by atoms with Crippen LogP contribution < -0.4 is 10.0 Å². The molecule has 0 bridgehead atoms. The fourth-order valence-electron chi connectivity index (χ4n) is 3.53. The van der Waals surface area contributed by atoms with Crippen LogP contribution in [0, 0.1) is 18.8 Å². The molecule has 128 valence electrons. The second-order valence-electron chi connectivity index (χ2n) is 6.68. The number of aryl methyl sites for hydroxylation is 1. The molecular formula is C16H24N2O4S. The number of furan rings is 1. The van der Waals surface area contributed by atoms with E-state index >= 15 is 0 Å². The van der Waals surface area contributed by atoms with Crippen molar-refractivity contribution >= 4 is 15.9 Å². The second-order valence-corrected chi connectivity index (χ2v) is 8.49. The molecule has 2 aliphatic carbocycles. The van der Waals surface area contributed by atoms with E-state index in [0.29, 0.717) is 11.3 Å². The molecule has 0 radical (unpaired) electrons. The molecule has 2 aliphatic rings. The Morgan fingerprint density at radius 2 is 1.96 bits per heavy atom. The van der Waals surface area contributed by atoms with Crippen LogP contribution >= 0.6 is 0 Å². The highest BCUT2D eigenvalue weighted by molar-refractivity contribution is 7.89. The van der Waals surface area contributed by atoms with E-state index in [4.69, 9.17) is 4.42 Å². The Balaban J connectivity index is 1.68. The molecule has 1 amide bonds. The molecular weight excluding hydrogens is 316 g/mol. The first-order valence-corrected chi connectivity index (χ1v) is 9.74. The molecule has 0 unspecified atom stereocenters. The van der Waals surface area contributed by atoms with Crippen LogP contribution in [0.4, 0.5) is 0 Å². The lowest BCUT2D eigenvalue weighted by Crippen LogP contribution is -2.38. The molecule has 0 aromatic carbocycles. The zero-order valence-corrected chi connectivity index (χ0v) is 14.4. The van der Waals surface area contributed by atoms with Gasteiger partial charge in [0.1, 0.15) is 5.76 Å². The molecule has 1 aromatic heterocycles. The van der Waals surface area contributed by atoms with Crippen molar-refractivity contribution in [3.63, 3.8) is 0 Å². The van der Waals surface area contributed by atoms with Crippen molar-refractivity contribution in [3.8, 4) is 0 Å². The Hall–Kier alpha value is -1.34. The minimum atomic E-state index is -3.67. The predicted molar refractivity (Wildman–Crippen MR) is 85.6 cm³/mol. The maximum atomic E-state index is 12.5. The fourth-order valence-corrected chi connectivity index (χ4v) is 4.24. The summed E-state index contributed by atoms with van der Waals surface area (Å²) >= 11 is 0. The molecule has 23 heavy (non-hydrogen) atoms. The normalized spacial score (nSPS) is 25.3. The molecule has 2 saturated carbocycles. The van der Waals surface area contributed by atoms with Gasteiger partial charge >= 0.3 is 0 Å². The highest BCUT2D eigenvalue weighted by Crippen LogP contribution is 2.43. The first kappa shape index (κ1) is 16.5. The maximum Gasteiger partial charge on any atom is 0.273 e.